The van der Waals surface area contributed by atoms with Crippen LogP contribution in [0.5, 0.6) is 0 Å². The molecule has 20 heavy (non-hydrogen) atoms. The lowest BCUT2D eigenvalue weighted by Gasteiger charge is -2.16. The maximum absolute atomic E-state index is 13.0. The molecule has 5 heteroatoms. The average Bonchev–Trinajstić information content (AvgIpc) is 2.65. The lowest BCUT2D eigenvalue weighted by Crippen LogP contribution is -2.18. The van der Waals surface area contributed by atoms with Crippen molar-refractivity contribution in [3.63, 3.8) is 0 Å². The molecule has 2 rings (SSSR count). The Morgan fingerprint density at radius 2 is 1.75 bits per heavy atom. The topological polar surface area (TPSA) is 20.3 Å². The number of amides is 1. The minimum absolute atomic E-state index is 0.175. The monoisotopic (exact) mass is 287 g/mol. The van der Waals surface area contributed by atoms with E-state index in [4.69, 9.17) is 0 Å². The van der Waals surface area contributed by atoms with Crippen LogP contribution in [0.15, 0.2) is 12.1 Å². The second kappa shape index (κ2) is 5.85. The highest BCUT2D eigenvalue weighted by Gasteiger charge is 2.37. The van der Waals surface area contributed by atoms with Crippen LogP contribution in [0.25, 0.3) is 0 Å². The number of hydrogen-bond donors (Lipinski definition) is 0. The van der Waals surface area contributed by atoms with Crippen molar-refractivity contribution in [1.82, 2.24) is 4.90 Å². The zero-order chi connectivity index (χ0) is 15.7. The van der Waals surface area contributed by atoms with Crippen LogP contribution in [0, 0.1) is 0 Å². The zero-order valence-corrected chi connectivity index (χ0v) is 12.4. The minimum atomic E-state index is -4.42. The summed E-state index contributed by atoms with van der Waals surface area (Å²) < 4.78 is 38.9. The molecule has 112 valence electrons. The molecule has 0 saturated carbocycles. The number of fused-ring (bicyclic) bond motifs is 1. The molecule has 0 N–H and O–H groups in total. The molecule has 2 nitrogen and oxygen atoms in total. The molecule has 0 unspecified atom stereocenters. The van der Waals surface area contributed by atoms with Crippen molar-refractivity contribution in [3.05, 3.63) is 34.4 Å². The van der Waals surface area contributed by atoms with Crippen molar-refractivity contribution in [2.24, 2.45) is 0 Å². The maximum atomic E-state index is 13.0. The molecule has 1 amide bonds. The summed E-state index contributed by atoms with van der Waals surface area (Å²) >= 11 is 0. The molecular weight excluding hydrogens is 267 g/mol. The van der Waals surface area contributed by atoms with Gasteiger partial charge in [0.1, 0.15) is 0 Å². The molecule has 1 heterocycles. The Morgan fingerprint density at radius 1 is 1.20 bits per heavy atom. The molecule has 1 aliphatic rings. The highest BCUT2D eigenvalue weighted by Crippen LogP contribution is 2.38. The van der Waals surface area contributed by atoms with Gasteiger partial charge in [-0.05, 0) is 23.1 Å². The van der Waals surface area contributed by atoms with E-state index in [1.165, 1.54) is 11.0 Å². The van der Waals surface area contributed by atoms with Crippen molar-refractivity contribution in [3.8, 4) is 0 Å². The summed E-state index contributed by atoms with van der Waals surface area (Å²) in [5.74, 6) is -0.571. The van der Waals surface area contributed by atoms with Crippen molar-refractivity contribution < 1.29 is 18.0 Å². The van der Waals surface area contributed by atoms with E-state index >= 15 is 0 Å². The van der Waals surface area contributed by atoms with Gasteiger partial charge < -0.3 is 4.90 Å². The summed E-state index contributed by atoms with van der Waals surface area (Å²) in [5, 5.41) is 0. The lowest BCUT2D eigenvalue weighted by atomic mass is 9.92. The molecule has 0 aliphatic carbocycles. The van der Waals surface area contributed by atoms with Gasteiger partial charge >= 0.3 is 6.18 Å². The first-order chi connectivity index (χ1) is 9.21. The fourth-order valence-corrected chi connectivity index (χ4v) is 2.25. The number of carbonyl (C=O) groups is 1. The smallest absolute Gasteiger partial charge is 0.337 e. The molecule has 1 aromatic rings. The molecule has 0 aromatic heterocycles. The van der Waals surface area contributed by atoms with Gasteiger partial charge in [0, 0.05) is 19.2 Å². The Labute approximate surface area is 117 Å². The van der Waals surface area contributed by atoms with Crippen LogP contribution in [0.3, 0.4) is 0 Å². The average molecular weight is 287 g/mol. The Bertz CT molecular complexity index is 507. The third-order valence-electron chi connectivity index (χ3n) is 3.19. The van der Waals surface area contributed by atoms with Crippen molar-refractivity contribution in [1.29, 1.82) is 0 Å². The first kappa shape index (κ1) is 16.5. The molecule has 0 spiro atoms. The number of benzene rings is 1. The second-order valence-electron chi connectivity index (χ2n) is 4.91. The Hall–Kier alpha value is -1.52. The van der Waals surface area contributed by atoms with Crippen LogP contribution in [0.4, 0.5) is 13.2 Å². The van der Waals surface area contributed by atoms with E-state index in [0.29, 0.717) is 12.1 Å². The molecule has 0 fully saturated rings. The van der Waals surface area contributed by atoms with Crippen LogP contribution >= 0.6 is 0 Å². The van der Waals surface area contributed by atoms with Crippen molar-refractivity contribution in [2.45, 2.75) is 46.3 Å². The largest absolute Gasteiger partial charge is 0.416 e. The van der Waals surface area contributed by atoms with Gasteiger partial charge in [-0.25, -0.2) is 0 Å². The number of nitrogens with zero attached hydrogens (tertiary/aromatic N) is 1. The van der Waals surface area contributed by atoms with Gasteiger partial charge in [0.25, 0.3) is 5.91 Å². The quantitative estimate of drug-likeness (QED) is 0.747. The highest BCUT2D eigenvalue weighted by atomic mass is 19.4. The van der Waals surface area contributed by atoms with Gasteiger partial charge in [-0.1, -0.05) is 33.8 Å². The fraction of sp³-hybridized carbons (Fsp3) is 0.533. The van der Waals surface area contributed by atoms with E-state index in [-0.39, 0.29) is 23.0 Å². The van der Waals surface area contributed by atoms with Gasteiger partial charge in [-0.3, -0.25) is 4.79 Å². The highest BCUT2D eigenvalue weighted by molar-refractivity contribution is 5.98. The van der Waals surface area contributed by atoms with Crippen molar-refractivity contribution >= 4 is 5.91 Å². The number of rotatable bonds is 1. The minimum Gasteiger partial charge on any atom is -0.337 e. The second-order valence-corrected chi connectivity index (χ2v) is 4.91. The van der Waals surface area contributed by atoms with Gasteiger partial charge in [0.15, 0.2) is 0 Å². The predicted octanol–water partition coefficient (Wildman–Crippen LogP) is 4.44. The number of halogens is 3. The van der Waals surface area contributed by atoms with E-state index in [1.54, 1.807) is 20.9 Å². The summed E-state index contributed by atoms with van der Waals surface area (Å²) in [7, 11) is 1.59. The molecule has 0 saturated heterocycles. The van der Waals surface area contributed by atoms with Crippen LogP contribution in [-0.2, 0) is 12.7 Å². The molecule has 0 atom stereocenters. The van der Waals surface area contributed by atoms with Gasteiger partial charge in [-0.2, -0.15) is 13.2 Å². The Morgan fingerprint density at radius 3 is 2.20 bits per heavy atom. The van der Waals surface area contributed by atoms with Crippen LogP contribution in [0.2, 0.25) is 0 Å². The predicted molar refractivity (Wildman–Crippen MR) is 72.7 cm³/mol. The Balaban J connectivity index is 0.000000956. The van der Waals surface area contributed by atoms with Gasteiger partial charge in [-0.15, -0.1) is 0 Å². The van der Waals surface area contributed by atoms with Crippen LogP contribution in [0.1, 0.15) is 60.7 Å². The SMILES string of the molecule is CC.CC(C)c1cc2c(cc1C(F)(F)F)C(=O)N(C)C2. The number of hydrogen-bond acceptors (Lipinski definition) is 1. The normalized spacial score (nSPS) is 14.2. The number of alkyl halides is 3. The first-order valence-corrected chi connectivity index (χ1v) is 6.71. The van der Waals surface area contributed by atoms with E-state index in [1.807, 2.05) is 13.8 Å². The summed E-state index contributed by atoms with van der Waals surface area (Å²) in [6.07, 6.45) is -4.42. The first-order valence-electron chi connectivity index (χ1n) is 6.71. The third-order valence-corrected chi connectivity index (χ3v) is 3.19. The van der Waals surface area contributed by atoms with E-state index in [0.717, 1.165) is 6.07 Å². The molecule has 0 bridgehead atoms. The summed E-state index contributed by atoms with van der Waals surface area (Å²) in [5.41, 5.74) is 0.415. The van der Waals surface area contributed by atoms with E-state index < -0.39 is 11.7 Å². The van der Waals surface area contributed by atoms with E-state index in [2.05, 4.69) is 0 Å². The maximum Gasteiger partial charge on any atom is 0.416 e. The molecule has 0 radical (unpaired) electrons. The van der Waals surface area contributed by atoms with Gasteiger partial charge in [0.2, 0.25) is 0 Å². The van der Waals surface area contributed by atoms with E-state index in [9.17, 15) is 18.0 Å². The summed E-state index contributed by atoms with van der Waals surface area (Å²) in [4.78, 5) is 13.1. The lowest BCUT2D eigenvalue weighted by molar-refractivity contribution is -0.138. The fourth-order valence-electron chi connectivity index (χ4n) is 2.25. The molecule has 1 aliphatic heterocycles. The van der Waals surface area contributed by atoms with Gasteiger partial charge in [0.05, 0.1) is 5.56 Å². The van der Waals surface area contributed by atoms with Crippen LogP contribution in [-0.4, -0.2) is 17.9 Å². The molecular formula is C15H20F3NO. The van der Waals surface area contributed by atoms with Crippen LogP contribution < -0.4 is 0 Å². The summed E-state index contributed by atoms with van der Waals surface area (Å²) in [6.45, 7) is 7.82. The summed E-state index contributed by atoms with van der Waals surface area (Å²) in [6, 6.07) is 2.51. The molecule has 1 aromatic carbocycles. The zero-order valence-electron chi connectivity index (χ0n) is 12.4. The Kier molecular flexibility index (Phi) is 4.84. The number of carbonyl (C=O) groups excluding carboxylic acids is 1. The standard InChI is InChI=1S/C13H14F3NO.C2H6/c1-7(2)9-4-8-6-17(3)12(18)10(8)5-11(9)13(14,15)16;1-2/h4-5,7H,6H2,1-3H3;1-2H3. The third kappa shape index (κ3) is 2.97. The van der Waals surface area contributed by atoms with Crippen molar-refractivity contribution in [2.75, 3.05) is 7.05 Å².